The number of pyridine rings is 1. The maximum absolute atomic E-state index is 11.8. The molecule has 14 heavy (non-hydrogen) atoms. The van der Waals surface area contributed by atoms with E-state index in [1.165, 1.54) is 0 Å². The van der Waals surface area contributed by atoms with E-state index in [4.69, 9.17) is 0 Å². The van der Waals surface area contributed by atoms with Gasteiger partial charge in [0.05, 0.1) is 0 Å². The number of hydrogen-bond acceptors (Lipinski definition) is 2. The van der Waals surface area contributed by atoms with Crippen LogP contribution in [0.3, 0.4) is 0 Å². The summed E-state index contributed by atoms with van der Waals surface area (Å²) < 4.78 is 0. The highest BCUT2D eigenvalue weighted by Crippen LogP contribution is 2.16. The normalized spacial score (nSPS) is 16.6. The van der Waals surface area contributed by atoms with Crippen LogP contribution in [0.15, 0.2) is 18.2 Å². The maximum Gasteiger partial charge on any atom is 0.272 e. The first-order chi connectivity index (χ1) is 6.66. The summed E-state index contributed by atoms with van der Waals surface area (Å²) in [7, 11) is 0. The highest BCUT2D eigenvalue weighted by molar-refractivity contribution is 5.92. The van der Waals surface area contributed by atoms with Crippen molar-refractivity contribution in [2.24, 2.45) is 5.92 Å². The van der Waals surface area contributed by atoms with E-state index in [2.05, 4.69) is 11.9 Å². The van der Waals surface area contributed by atoms with Crippen LogP contribution in [-0.4, -0.2) is 28.9 Å². The van der Waals surface area contributed by atoms with E-state index >= 15 is 0 Å². The van der Waals surface area contributed by atoms with Gasteiger partial charge in [-0.1, -0.05) is 13.0 Å². The fraction of sp³-hybridized carbons (Fsp3) is 0.455. The first kappa shape index (κ1) is 9.19. The molecule has 0 atom stereocenters. The number of aromatic nitrogens is 1. The van der Waals surface area contributed by atoms with Crippen molar-refractivity contribution in [2.75, 3.05) is 13.1 Å². The third-order valence-electron chi connectivity index (χ3n) is 2.46. The SMILES string of the molecule is Cc1cccc(C(=O)N2CC(C)C2)n1. The molecule has 1 fully saturated rings. The van der Waals surface area contributed by atoms with E-state index in [1.54, 1.807) is 6.07 Å². The summed E-state index contributed by atoms with van der Waals surface area (Å²) >= 11 is 0. The standard InChI is InChI=1S/C11H14N2O/c1-8-6-13(7-8)11(14)10-5-3-4-9(2)12-10/h3-5,8H,6-7H2,1-2H3. The van der Waals surface area contributed by atoms with E-state index in [9.17, 15) is 4.79 Å². The van der Waals surface area contributed by atoms with Crippen LogP contribution in [0.25, 0.3) is 0 Å². The van der Waals surface area contributed by atoms with Crippen LogP contribution in [0.1, 0.15) is 23.1 Å². The van der Waals surface area contributed by atoms with E-state index in [-0.39, 0.29) is 5.91 Å². The number of amides is 1. The van der Waals surface area contributed by atoms with Crippen molar-refractivity contribution in [1.29, 1.82) is 0 Å². The van der Waals surface area contributed by atoms with Gasteiger partial charge < -0.3 is 4.90 Å². The number of nitrogens with zero attached hydrogens (tertiary/aromatic N) is 2. The number of carbonyl (C=O) groups excluding carboxylic acids is 1. The predicted molar refractivity (Wildman–Crippen MR) is 54.0 cm³/mol. The van der Waals surface area contributed by atoms with Gasteiger partial charge in [0.1, 0.15) is 5.69 Å². The van der Waals surface area contributed by atoms with Crippen molar-refractivity contribution in [2.45, 2.75) is 13.8 Å². The molecule has 1 aliphatic rings. The first-order valence-corrected chi connectivity index (χ1v) is 4.90. The second kappa shape index (κ2) is 3.40. The lowest BCUT2D eigenvalue weighted by atomic mass is 10.0. The molecule has 0 saturated carbocycles. The first-order valence-electron chi connectivity index (χ1n) is 4.90. The summed E-state index contributed by atoms with van der Waals surface area (Å²) in [5.74, 6) is 0.704. The maximum atomic E-state index is 11.8. The van der Waals surface area contributed by atoms with Crippen LogP contribution in [0.4, 0.5) is 0 Å². The number of carbonyl (C=O) groups is 1. The van der Waals surface area contributed by atoms with Gasteiger partial charge in [-0.3, -0.25) is 4.79 Å². The Morgan fingerprint density at radius 2 is 2.21 bits per heavy atom. The highest BCUT2D eigenvalue weighted by atomic mass is 16.2. The fourth-order valence-electron chi connectivity index (χ4n) is 1.69. The largest absolute Gasteiger partial charge is 0.337 e. The monoisotopic (exact) mass is 190 g/mol. The molecule has 0 unspecified atom stereocenters. The zero-order valence-corrected chi connectivity index (χ0v) is 8.53. The molecule has 3 heteroatoms. The molecule has 0 bridgehead atoms. The number of likely N-dealkylation sites (tertiary alicyclic amines) is 1. The Balaban J connectivity index is 2.12. The molecule has 0 N–H and O–H groups in total. The Hall–Kier alpha value is -1.38. The van der Waals surface area contributed by atoms with Gasteiger partial charge in [0.2, 0.25) is 0 Å². The minimum atomic E-state index is 0.0619. The number of aryl methyl sites for hydroxylation is 1. The minimum absolute atomic E-state index is 0.0619. The summed E-state index contributed by atoms with van der Waals surface area (Å²) in [6, 6.07) is 5.55. The lowest BCUT2D eigenvalue weighted by Gasteiger charge is -2.36. The van der Waals surface area contributed by atoms with Gasteiger partial charge in [0, 0.05) is 18.8 Å². The third-order valence-corrected chi connectivity index (χ3v) is 2.46. The average Bonchev–Trinajstić information content (AvgIpc) is 2.12. The Labute approximate surface area is 83.8 Å². The molecule has 2 heterocycles. The third kappa shape index (κ3) is 1.62. The van der Waals surface area contributed by atoms with Gasteiger partial charge in [-0.15, -0.1) is 0 Å². The van der Waals surface area contributed by atoms with Crippen LogP contribution in [-0.2, 0) is 0 Å². The van der Waals surface area contributed by atoms with Crippen molar-refractivity contribution in [3.63, 3.8) is 0 Å². The summed E-state index contributed by atoms with van der Waals surface area (Å²) in [5.41, 5.74) is 1.46. The van der Waals surface area contributed by atoms with Gasteiger partial charge in [-0.25, -0.2) is 4.98 Å². The van der Waals surface area contributed by atoms with Crippen molar-refractivity contribution in [3.8, 4) is 0 Å². The molecule has 0 spiro atoms. The van der Waals surface area contributed by atoms with Gasteiger partial charge in [-0.05, 0) is 25.0 Å². The van der Waals surface area contributed by atoms with Crippen molar-refractivity contribution >= 4 is 5.91 Å². The number of hydrogen-bond donors (Lipinski definition) is 0. The van der Waals surface area contributed by atoms with Crippen molar-refractivity contribution < 1.29 is 4.79 Å². The van der Waals surface area contributed by atoms with E-state index < -0.39 is 0 Å². The van der Waals surface area contributed by atoms with Gasteiger partial charge in [0.25, 0.3) is 5.91 Å². The molecule has 1 aromatic heterocycles. The average molecular weight is 190 g/mol. The Morgan fingerprint density at radius 1 is 1.50 bits per heavy atom. The van der Waals surface area contributed by atoms with Crippen LogP contribution >= 0.6 is 0 Å². The zero-order chi connectivity index (χ0) is 10.1. The lowest BCUT2D eigenvalue weighted by molar-refractivity contribution is 0.0524. The predicted octanol–water partition coefficient (Wildman–Crippen LogP) is 1.48. The second-order valence-electron chi connectivity index (χ2n) is 3.98. The van der Waals surface area contributed by atoms with Gasteiger partial charge >= 0.3 is 0 Å². The van der Waals surface area contributed by atoms with Crippen LogP contribution < -0.4 is 0 Å². The van der Waals surface area contributed by atoms with Crippen LogP contribution in [0, 0.1) is 12.8 Å². The zero-order valence-electron chi connectivity index (χ0n) is 8.53. The van der Waals surface area contributed by atoms with Gasteiger partial charge in [0.15, 0.2) is 0 Å². The van der Waals surface area contributed by atoms with E-state index in [0.29, 0.717) is 11.6 Å². The molecule has 74 valence electrons. The molecule has 1 saturated heterocycles. The Bertz CT molecular complexity index is 356. The lowest BCUT2D eigenvalue weighted by Crippen LogP contribution is -2.48. The summed E-state index contributed by atoms with van der Waals surface area (Å²) in [6.07, 6.45) is 0. The molecule has 0 radical (unpaired) electrons. The van der Waals surface area contributed by atoms with Crippen LogP contribution in [0.2, 0.25) is 0 Å². The van der Waals surface area contributed by atoms with E-state index in [0.717, 1.165) is 18.8 Å². The number of rotatable bonds is 1. The van der Waals surface area contributed by atoms with Crippen LogP contribution in [0.5, 0.6) is 0 Å². The topological polar surface area (TPSA) is 33.2 Å². The van der Waals surface area contributed by atoms with Gasteiger partial charge in [-0.2, -0.15) is 0 Å². The molecule has 1 aromatic rings. The van der Waals surface area contributed by atoms with E-state index in [1.807, 2.05) is 24.0 Å². The summed E-state index contributed by atoms with van der Waals surface area (Å²) in [6.45, 7) is 5.78. The highest BCUT2D eigenvalue weighted by Gasteiger charge is 2.28. The summed E-state index contributed by atoms with van der Waals surface area (Å²) in [4.78, 5) is 17.8. The smallest absolute Gasteiger partial charge is 0.272 e. The Kier molecular flexibility index (Phi) is 2.23. The molecule has 0 aromatic carbocycles. The molecule has 0 aliphatic carbocycles. The summed E-state index contributed by atoms with van der Waals surface area (Å²) in [5, 5.41) is 0. The molecular weight excluding hydrogens is 176 g/mol. The minimum Gasteiger partial charge on any atom is -0.337 e. The molecule has 3 nitrogen and oxygen atoms in total. The molecule has 1 aliphatic heterocycles. The Morgan fingerprint density at radius 3 is 2.79 bits per heavy atom. The van der Waals surface area contributed by atoms with Crippen molar-refractivity contribution in [1.82, 2.24) is 9.88 Å². The molecule has 1 amide bonds. The fourth-order valence-corrected chi connectivity index (χ4v) is 1.69. The van der Waals surface area contributed by atoms with Crippen molar-refractivity contribution in [3.05, 3.63) is 29.6 Å². The second-order valence-corrected chi connectivity index (χ2v) is 3.98. The molecule has 2 rings (SSSR count). The molecular formula is C11H14N2O. The quantitative estimate of drug-likeness (QED) is 0.672.